The van der Waals surface area contributed by atoms with Crippen LogP contribution in [-0.2, 0) is 18.3 Å². The van der Waals surface area contributed by atoms with Crippen LogP contribution in [0.4, 0.5) is 5.95 Å². The van der Waals surface area contributed by atoms with Crippen LogP contribution in [0, 0.1) is 0 Å². The quantitative estimate of drug-likeness (QED) is 0.479. The van der Waals surface area contributed by atoms with Gasteiger partial charge in [0.2, 0.25) is 5.95 Å². The SMILES string of the molecule is Nc1nc2c(ccn2[C@@H]2O[C@@H]3COP(=O)(O)O[C@H]3[C@H]2O)c(=O)[nH]1. The average molecular weight is 344 g/mol. The first-order valence-corrected chi connectivity index (χ1v) is 8.21. The molecule has 2 aromatic rings. The third-order valence-electron chi connectivity index (χ3n) is 3.84. The topological polar surface area (TPSA) is 162 Å². The molecule has 124 valence electrons. The van der Waals surface area contributed by atoms with Crippen molar-refractivity contribution in [1.82, 2.24) is 14.5 Å². The number of ether oxygens (including phenoxy) is 1. The lowest BCUT2D eigenvalue weighted by Gasteiger charge is -2.27. The summed E-state index contributed by atoms with van der Waals surface area (Å²) < 4.78 is 28.1. The standard InChI is InChI=1S/C11H13N4O7P/c12-11-13-8-4(9(17)14-11)1-2-15(8)10-6(16)7-5(21-10)3-20-23(18,19)22-7/h1-2,5-7,10,16H,3H2,(H,18,19)(H3,12,13,14,17)/t5-,6-,7-,10-/m1/s1. The molecule has 0 aromatic carbocycles. The van der Waals surface area contributed by atoms with Crippen LogP contribution in [0.5, 0.6) is 0 Å². The van der Waals surface area contributed by atoms with Crippen molar-refractivity contribution in [1.29, 1.82) is 0 Å². The molecule has 0 aliphatic carbocycles. The Bertz CT molecular complexity index is 879. The Kier molecular flexibility index (Phi) is 3.14. The van der Waals surface area contributed by atoms with Crippen molar-refractivity contribution in [2.24, 2.45) is 0 Å². The highest BCUT2D eigenvalue weighted by atomic mass is 31.2. The molecule has 4 rings (SSSR count). The number of rotatable bonds is 1. The molecule has 2 fully saturated rings. The summed E-state index contributed by atoms with van der Waals surface area (Å²) in [4.78, 5) is 27.6. The molecule has 0 spiro atoms. The number of hydrogen-bond acceptors (Lipinski definition) is 8. The summed E-state index contributed by atoms with van der Waals surface area (Å²) >= 11 is 0. The van der Waals surface area contributed by atoms with Gasteiger partial charge in [0.1, 0.15) is 18.3 Å². The second kappa shape index (κ2) is 4.87. The number of fused-ring (bicyclic) bond motifs is 2. The first kappa shape index (κ1) is 14.8. The molecule has 23 heavy (non-hydrogen) atoms. The van der Waals surface area contributed by atoms with Gasteiger partial charge < -0.3 is 25.0 Å². The number of phosphoric acid groups is 1. The molecule has 1 unspecified atom stereocenters. The number of aromatic amines is 1. The zero-order valence-corrected chi connectivity index (χ0v) is 12.4. The van der Waals surface area contributed by atoms with E-state index in [0.29, 0.717) is 0 Å². The molecule has 2 saturated heterocycles. The fraction of sp³-hybridized carbons (Fsp3) is 0.455. The van der Waals surface area contributed by atoms with Gasteiger partial charge in [-0.3, -0.25) is 18.8 Å². The molecule has 12 heteroatoms. The third kappa shape index (κ3) is 2.29. The van der Waals surface area contributed by atoms with Crippen molar-refractivity contribution in [3.8, 4) is 0 Å². The van der Waals surface area contributed by atoms with Crippen LogP contribution >= 0.6 is 7.82 Å². The van der Waals surface area contributed by atoms with Crippen LogP contribution in [0.1, 0.15) is 6.23 Å². The fourth-order valence-corrected chi connectivity index (χ4v) is 3.80. The maximum absolute atomic E-state index is 11.8. The molecule has 2 aromatic heterocycles. The lowest BCUT2D eigenvalue weighted by molar-refractivity contribution is -0.0663. The number of aliphatic hydroxyl groups is 1. The maximum Gasteiger partial charge on any atom is 0.472 e. The van der Waals surface area contributed by atoms with E-state index >= 15 is 0 Å². The zero-order chi connectivity index (χ0) is 16.4. The molecular weight excluding hydrogens is 331 g/mol. The van der Waals surface area contributed by atoms with Gasteiger partial charge in [0.25, 0.3) is 5.56 Å². The van der Waals surface area contributed by atoms with E-state index < -0.39 is 37.9 Å². The van der Waals surface area contributed by atoms with Crippen molar-refractivity contribution in [2.45, 2.75) is 24.5 Å². The van der Waals surface area contributed by atoms with E-state index in [0.717, 1.165) is 0 Å². The van der Waals surface area contributed by atoms with Gasteiger partial charge in [-0.15, -0.1) is 0 Å². The van der Waals surface area contributed by atoms with Crippen molar-refractivity contribution in [3.05, 3.63) is 22.6 Å². The van der Waals surface area contributed by atoms with Gasteiger partial charge in [0.15, 0.2) is 11.9 Å². The Morgan fingerprint density at radius 3 is 3.09 bits per heavy atom. The molecule has 0 radical (unpaired) electrons. The summed E-state index contributed by atoms with van der Waals surface area (Å²) in [6.45, 7) is -0.193. The normalized spacial score (nSPS) is 37.1. The number of aliphatic hydroxyl groups excluding tert-OH is 1. The molecule has 4 heterocycles. The number of hydrogen-bond donors (Lipinski definition) is 4. The lowest BCUT2D eigenvalue weighted by atomic mass is 10.1. The van der Waals surface area contributed by atoms with Gasteiger partial charge >= 0.3 is 7.82 Å². The third-order valence-corrected chi connectivity index (χ3v) is 4.83. The van der Waals surface area contributed by atoms with Gasteiger partial charge in [-0.2, -0.15) is 4.98 Å². The molecule has 11 nitrogen and oxygen atoms in total. The van der Waals surface area contributed by atoms with E-state index in [-0.39, 0.29) is 23.6 Å². The van der Waals surface area contributed by atoms with Crippen LogP contribution in [-0.4, -0.2) is 49.5 Å². The summed E-state index contributed by atoms with van der Waals surface area (Å²) in [5.74, 6) is -0.0770. The predicted octanol–water partition coefficient (Wildman–Crippen LogP) is -0.919. The minimum Gasteiger partial charge on any atom is -0.386 e. The summed E-state index contributed by atoms with van der Waals surface area (Å²) in [6.07, 6.45) is -2.45. The Morgan fingerprint density at radius 1 is 1.52 bits per heavy atom. The molecule has 0 saturated carbocycles. The minimum absolute atomic E-state index is 0.0770. The van der Waals surface area contributed by atoms with Crippen LogP contribution in [0.2, 0.25) is 0 Å². The van der Waals surface area contributed by atoms with E-state index in [1.807, 2.05) is 0 Å². The molecule has 0 bridgehead atoms. The number of nitrogens with zero attached hydrogens (tertiary/aromatic N) is 2. The molecular formula is C11H13N4O7P. The summed E-state index contributed by atoms with van der Waals surface area (Å²) in [7, 11) is -4.20. The Balaban J connectivity index is 1.75. The second-order valence-electron chi connectivity index (χ2n) is 5.30. The van der Waals surface area contributed by atoms with Crippen LogP contribution in [0.25, 0.3) is 11.0 Å². The van der Waals surface area contributed by atoms with Gasteiger partial charge in [0.05, 0.1) is 12.0 Å². The van der Waals surface area contributed by atoms with Crippen molar-refractivity contribution in [2.75, 3.05) is 12.3 Å². The number of nitrogens with one attached hydrogen (secondary N) is 1. The Labute approximate surface area is 128 Å². The molecule has 0 amide bonds. The first-order chi connectivity index (χ1) is 10.9. The highest BCUT2D eigenvalue weighted by molar-refractivity contribution is 7.47. The summed E-state index contributed by atoms with van der Waals surface area (Å²) in [5.41, 5.74) is 5.34. The predicted molar refractivity (Wildman–Crippen MR) is 75.3 cm³/mol. The number of phosphoric ester groups is 1. The van der Waals surface area contributed by atoms with Crippen LogP contribution in [0.15, 0.2) is 17.1 Å². The number of anilines is 1. The second-order valence-corrected chi connectivity index (χ2v) is 6.71. The summed E-state index contributed by atoms with van der Waals surface area (Å²) in [6, 6.07) is 1.51. The monoisotopic (exact) mass is 344 g/mol. The average Bonchev–Trinajstić information content (AvgIpc) is 3.00. The van der Waals surface area contributed by atoms with Gasteiger partial charge in [-0.25, -0.2) is 4.57 Å². The molecule has 5 atom stereocenters. The molecule has 2 aliphatic heterocycles. The Hall–Kier alpha value is -1.75. The number of aromatic nitrogens is 3. The lowest BCUT2D eigenvalue weighted by Crippen LogP contribution is -2.39. The van der Waals surface area contributed by atoms with Crippen molar-refractivity contribution >= 4 is 24.8 Å². The van der Waals surface area contributed by atoms with Gasteiger partial charge in [0, 0.05) is 6.20 Å². The van der Waals surface area contributed by atoms with Crippen molar-refractivity contribution in [3.63, 3.8) is 0 Å². The van der Waals surface area contributed by atoms with E-state index in [2.05, 4.69) is 14.5 Å². The fourth-order valence-electron chi connectivity index (χ4n) is 2.83. The number of H-pyrrole nitrogens is 1. The highest BCUT2D eigenvalue weighted by Crippen LogP contribution is 2.52. The van der Waals surface area contributed by atoms with Crippen molar-refractivity contribution < 1.29 is 28.3 Å². The highest BCUT2D eigenvalue weighted by Gasteiger charge is 2.52. The van der Waals surface area contributed by atoms with E-state index in [1.165, 1.54) is 16.8 Å². The van der Waals surface area contributed by atoms with Gasteiger partial charge in [-0.05, 0) is 6.07 Å². The van der Waals surface area contributed by atoms with E-state index in [9.17, 15) is 19.4 Å². The number of nitrogen functional groups attached to an aromatic ring is 1. The Morgan fingerprint density at radius 2 is 2.30 bits per heavy atom. The van der Waals surface area contributed by atoms with E-state index in [1.54, 1.807) is 0 Å². The van der Waals surface area contributed by atoms with E-state index in [4.69, 9.17) is 15.0 Å². The molecule has 5 N–H and O–H groups in total. The van der Waals surface area contributed by atoms with Gasteiger partial charge in [-0.1, -0.05) is 0 Å². The first-order valence-electron chi connectivity index (χ1n) is 6.71. The zero-order valence-electron chi connectivity index (χ0n) is 11.5. The largest absolute Gasteiger partial charge is 0.472 e. The molecule has 2 aliphatic rings. The minimum atomic E-state index is -4.20. The maximum atomic E-state index is 11.8. The number of nitrogens with two attached hydrogens (primary N) is 1. The van der Waals surface area contributed by atoms with Crippen LogP contribution < -0.4 is 11.3 Å². The summed E-state index contributed by atoms with van der Waals surface area (Å²) in [5, 5.41) is 10.7. The smallest absolute Gasteiger partial charge is 0.386 e. The van der Waals surface area contributed by atoms with Crippen LogP contribution in [0.3, 0.4) is 0 Å².